The smallest absolute Gasteiger partial charge is 0.306 e. The molecule has 0 radical (unpaired) electrons. The lowest BCUT2D eigenvalue weighted by Crippen LogP contribution is -2.44. The Labute approximate surface area is 550 Å². The number of nitrogens with zero attached hydrogens (tertiary/aromatic N) is 1. The Kier molecular flexibility index (Phi) is 67.1. The number of aliphatic carboxylic acids is 1. The summed E-state index contributed by atoms with van der Waals surface area (Å²) < 4.78 is 22.8. The van der Waals surface area contributed by atoms with Crippen LogP contribution in [0.3, 0.4) is 0 Å². The Bertz CT molecular complexity index is 1790. The molecule has 9 nitrogen and oxygen atoms in total. The number of carboxylic acids is 1. The summed E-state index contributed by atoms with van der Waals surface area (Å²) >= 11 is 0. The van der Waals surface area contributed by atoms with E-state index in [1.807, 2.05) is 21.1 Å². The van der Waals surface area contributed by atoms with Crippen molar-refractivity contribution in [3.8, 4) is 0 Å². The molecular formula is C80H141NO8. The van der Waals surface area contributed by atoms with Crippen LogP contribution in [0.15, 0.2) is 97.2 Å². The molecule has 0 aliphatic heterocycles. The minimum atomic E-state index is -1.62. The molecule has 0 rings (SSSR count). The Hall–Kier alpha value is -3.79. The van der Waals surface area contributed by atoms with Gasteiger partial charge in [0.25, 0.3) is 0 Å². The van der Waals surface area contributed by atoms with Crippen molar-refractivity contribution in [1.29, 1.82) is 0 Å². The third-order valence-electron chi connectivity index (χ3n) is 16.3. The number of unbranched alkanes of at least 4 members (excludes halogenated alkanes) is 38. The number of hydrogen-bond acceptors (Lipinski definition) is 8. The highest BCUT2D eigenvalue weighted by Crippen LogP contribution is 2.18. The first kappa shape index (κ1) is 85.2. The van der Waals surface area contributed by atoms with Crippen LogP contribution in [0.5, 0.6) is 0 Å². The molecule has 0 saturated heterocycles. The molecule has 0 fully saturated rings. The lowest BCUT2D eigenvalue weighted by molar-refractivity contribution is -0.870. The van der Waals surface area contributed by atoms with Gasteiger partial charge in [0.2, 0.25) is 0 Å². The number of quaternary nitrogens is 1. The lowest BCUT2D eigenvalue weighted by Gasteiger charge is -2.26. The van der Waals surface area contributed by atoms with E-state index >= 15 is 0 Å². The zero-order chi connectivity index (χ0) is 64.7. The van der Waals surface area contributed by atoms with Crippen molar-refractivity contribution in [2.45, 2.75) is 347 Å². The van der Waals surface area contributed by atoms with Gasteiger partial charge in [0.1, 0.15) is 13.2 Å². The van der Waals surface area contributed by atoms with Gasteiger partial charge in [0.05, 0.1) is 40.3 Å². The fourth-order valence-corrected chi connectivity index (χ4v) is 10.6. The monoisotopic (exact) mass is 1240 g/mol. The second-order valence-electron chi connectivity index (χ2n) is 26.2. The van der Waals surface area contributed by atoms with Crippen LogP contribution in [0.1, 0.15) is 335 Å². The molecule has 0 aromatic carbocycles. The molecule has 514 valence electrons. The van der Waals surface area contributed by atoms with Gasteiger partial charge in [-0.05, 0) is 96.3 Å². The van der Waals surface area contributed by atoms with Crippen molar-refractivity contribution < 1.29 is 42.9 Å². The van der Waals surface area contributed by atoms with E-state index in [0.717, 1.165) is 77.0 Å². The van der Waals surface area contributed by atoms with Gasteiger partial charge in [-0.25, -0.2) is 0 Å². The van der Waals surface area contributed by atoms with Gasteiger partial charge in [-0.1, -0.05) is 323 Å². The second kappa shape index (κ2) is 70.1. The highest BCUT2D eigenvalue weighted by Gasteiger charge is 2.22. The summed E-state index contributed by atoms with van der Waals surface area (Å²) in [6.45, 7) is 4.66. The molecule has 0 heterocycles. The standard InChI is InChI=1S/C80H141NO8/c1-6-8-10-12-14-16-18-20-22-24-26-28-30-31-32-33-34-35-36-37-38-39-40-41-42-43-44-45-46-47-49-51-53-55-57-59-61-63-65-67-69-71-78(83)89-76(75-88-80(79(84)85)86-73-72-81(3,4)5)74-87-77(82)70-68-66-64-62-60-58-56-54-52-50-48-29-27-25-23-21-19-17-15-13-11-9-7-2/h8,10,14,16,19-22,25-28,31-32,34-35,76,80H,6-7,9,11-13,15,17-18,23-24,29-30,33,36-75H2,1-5H3/b10-8-,16-14-,21-19-,22-20-,27-25-,28-26-,32-31-,35-34-. The predicted molar refractivity (Wildman–Crippen MR) is 380 cm³/mol. The number of carbonyl (C=O) groups excluding carboxylic acids is 3. The molecule has 0 spiro atoms. The Morgan fingerprint density at radius 1 is 0.348 bits per heavy atom. The molecule has 0 aromatic heterocycles. The largest absolute Gasteiger partial charge is 0.545 e. The number of ether oxygens (including phenoxy) is 4. The first-order chi connectivity index (χ1) is 43.6. The van der Waals surface area contributed by atoms with Crippen LogP contribution in [0.25, 0.3) is 0 Å². The second-order valence-corrected chi connectivity index (χ2v) is 26.2. The Morgan fingerprint density at radius 2 is 0.640 bits per heavy atom. The zero-order valence-corrected chi connectivity index (χ0v) is 58.8. The number of carboxylic acid groups (broad SMARTS) is 1. The van der Waals surface area contributed by atoms with E-state index in [1.165, 1.54) is 225 Å². The van der Waals surface area contributed by atoms with Gasteiger partial charge in [-0.2, -0.15) is 0 Å². The number of likely N-dealkylation sites (N-methyl/N-ethyl adjacent to an activating group) is 1. The number of esters is 2. The minimum absolute atomic E-state index is 0.147. The van der Waals surface area contributed by atoms with Gasteiger partial charge in [-0.15, -0.1) is 0 Å². The summed E-state index contributed by atoms with van der Waals surface area (Å²) in [5, 5.41) is 11.8. The van der Waals surface area contributed by atoms with E-state index in [0.29, 0.717) is 17.4 Å². The van der Waals surface area contributed by atoms with E-state index in [4.69, 9.17) is 18.9 Å². The molecule has 2 unspecified atom stereocenters. The van der Waals surface area contributed by atoms with Crippen LogP contribution in [-0.4, -0.2) is 82.3 Å². The van der Waals surface area contributed by atoms with Crippen LogP contribution >= 0.6 is 0 Å². The van der Waals surface area contributed by atoms with Gasteiger partial charge >= 0.3 is 11.9 Å². The number of hydrogen-bond donors (Lipinski definition) is 0. The summed E-state index contributed by atoms with van der Waals surface area (Å²) in [5.41, 5.74) is 0. The maximum absolute atomic E-state index is 13.0. The van der Waals surface area contributed by atoms with E-state index in [1.54, 1.807) is 0 Å². The zero-order valence-electron chi connectivity index (χ0n) is 58.8. The van der Waals surface area contributed by atoms with Gasteiger partial charge in [0.15, 0.2) is 12.4 Å². The van der Waals surface area contributed by atoms with E-state index in [2.05, 4.69) is 111 Å². The highest BCUT2D eigenvalue weighted by molar-refractivity contribution is 5.70. The van der Waals surface area contributed by atoms with E-state index < -0.39 is 24.3 Å². The first-order valence-electron chi connectivity index (χ1n) is 37.4. The van der Waals surface area contributed by atoms with Crippen molar-refractivity contribution in [1.82, 2.24) is 0 Å². The molecular weight excluding hydrogens is 1100 g/mol. The van der Waals surface area contributed by atoms with Crippen molar-refractivity contribution >= 4 is 17.9 Å². The normalized spacial score (nSPS) is 13.2. The fraction of sp³-hybridized carbons (Fsp3) is 0.762. The lowest BCUT2D eigenvalue weighted by atomic mass is 10.0. The predicted octanol–water partition coefficient (Wildman–Crippen LogP) is 22.3. The topological polar surface area (TPSA) is 111 Å². The van der Waals surface area contributed by atoms with Crippen molar-refractivity contribution in [3.63, 3.8) is 0 Å². The molecule has 0 aliphatic carbocycles. The molecule has 2 atom stereocenters. The molecule has 0 saturated carbocycles. The molecule has 0 bridgehead atoms. The van der Waals surface area contributed by atoms with Crippen molar-refractivity contribution in [3.05, 3.63) is 97.2 Å². The summed E-state index contributed by atoms with van der Waals surface area (Å²) in [6.07, 6.45) is 93.7. The van der Waals surface area contributed by atoms with Crippen LogP contribution in [0.4, 0.5) is 0 Å². The average molecular weight is 1250 g/mol. The van der Waals surface area contributed by atoms with E-state index in [-0.39, 0.29) is 38.6 Å². The number of carbonyl (C=O) groups is 3. The molecule has 0 aliphatic rings. The summed E-state index contributed by atoms with van der Waals surface area (Å²) in [4.78, 5) is 37.5. The van der Waals surface area contributed by atoms with Crippen LogP contribution < -0.4 is 5.11 Å². The maximum atomic E-state index is 13.0. The van der Waals surface area contributed by atoms with Crippen LogP contribution in [0, 0.1) is 0 Å². The third-order valence-corrected chi connectivity index (χ3v) is 16.3. The number of allylic oxidation sites excluding steroid dienone is 16. The SMILES string of the molecule is CC/C=C\C/C=C\C/C=C\C/C=C\C/C=C\C/C=C\CCCCCCCCCCCCCCCCCCCCCCCCC(=O)OC(COC(=O)CCCCCCCCCCCCC/C=C\C/C=C\CCCCCCC)COC(OCC[N+](C)(C)C)C(=O)[O-]. The minimum Gasteiger partial charge on any atom is -0.545 e. The summed E-state index contributed by atoms with van der Waals surface area (Å²) in [6, 6.07) is 0. The number of rotatable bonds is 69. The summed E-state index contributed by atoms with van der Waals surface area (Å²) in [5.74, 6) is -2.27. The fourth-order valence-electron chi connectivity index (χ4n) is 10.6. The van der Waals surface area contributed by atoms with Crippen LogP contribution in [-0.2, 0) is 33.3 Å². The highest BCUT2D eigenvalue weighted by atomic mass is 16.7. The van der Waals surface area contributed by atoms with Gasteiger partial charge < -0.3 is 33.3 Å². The Balaban J connectivity index is 4.00. The first-order valence-corrected chi connectivity index (χ1v) is 37.4. The Morgan fingerprint density at radius 3 is 0.955 bits per heavy atom. The third kappa shape index (κ3) is 71.5. The molecule has 9 heteroatoms. The van der Waals surface area contributed by atoms with Gasteiger partial charge in [-0.3, -0.25) is 9.59 Å². The quantitative estimate of drug-likeness (QED) is 0.0195. The van der Waals surface area contributed by atoms with Crippen molar-refractivity contribution in [2.75, 3.05) is 47.5 Å². The molecule has 0 N–H and O–H groups in total. The van der Waals surface area contributed by atoms with E-state index in [9.17, 15) is 19.5 Å². The van der Waals surface area contributed by atoms with Crippen LogP contribution in [0.2, 0.25) is 0 Å². The molecule has 0 aromatic rings. The molecule has 0 amide bonds. The average Bonchev–Trinajstić information content (AvgIpc) is 3.64. The maximum Gasteiger partial charge on any atom is 0.306 e. The van der Waals surface area contributed by atoms with Gasteiger partial charge in [0, 0.05) is 12.8 Å². The molecule has 89 heavy (non-hydrogen) atoms. The summed E-state index contributed by atoms with van der Waals surface area (Å²) in [7, 11) is 5.94. The van der Waals surface area contributed by atoms with Crippen molar-refractivity contribution in [2.24, 2.45) is 0 Å².